The van der Waals surface area contributed by atoms with Crippen LogP contribution in [0, 0.1) is 11.3 Å². The summed E-state index contributed by atoms with van der Waals surface area (Å²) in [6.45, 7) is 0. The fourth-order valence-electron chi connectivity index (χ4n) is 3.06. The fraction of sp³-hybridized carbons (Fsp3) is 0. The van der Waals surface area contributed by atoms with Gasteiger partial charge in [0.2, 0.25) is 5.88 Å². The Kier molecular flexibility index (Phi) is 4.83. The molecule has 0 atom stereocenters. The van der Waals surface area contributed by atoms with Crippen LogP contribution in [0.25, 0.3) is 22.5 Å². The molecule has 0 fully saturated rings. The zero-order valence-corrected chi connectivity index (χ0v) is 15.3. The summed E-state index contributed by atoms with van der Waals surface area (Å²) < 4.78 is 6.01. The number of rotatable bonds is 4. The molecule has 140 valence electrons. The number of nitriles is 1. The minimum Gasteiger partial charge on any atom is -0.508 e. The van der Waals surface area contributed by atoms with Crippen LogP contribution in [0.1, 0.15) is 11.1 Å². The first-order valence-corrected chi connectivity index (χ1v) is 8.91. The van der Waals surface area contributed by atoms with Crippen molar-refractivity contribution in [3.05, 3.63) is 90.0 Å². The normalized spacial score (nSPS) is 10.9. The summed E-state index contributed by atoms with van der Waals surface area (Å²) in [6.07, 6.45) is 1.40. The molecule has 0 aliphatic carbocycles. The summed E-state index contributed by atoms with van der Waals surface area (Å²) in [7, 11) is 0. The van der Waals surface area contributed by atoms with E-state index in [1.807, 2.05) is 60.7 Å². The molecule has 0 bridgehead atoms. The van der Waals surface area contributed by atoms with Crippen LogP contribution in [-0.2, 0) is 0 Å². The quantitative estimate of drug-likeness (QED) is 0.448. The lowest BCUT2D eigenvalue weighted by atomic mass is 9.98. The number of nitrogens with zero attached hydrogens (tertiary/aromatic N) is 2. The topological polar surface area (TPSA) is 89.8 Å². The molecule has 0 aliphatic heterocycles. The number of aromatic hydroxyl groups is 2. The Bertz CT molecular complexity index is 1220. The van der Waals surface area contributed by atoms with Gasteiger partial charge in [0.25, 0.3) is 0 Å². The number of phenolic OH excluding ortho intramolecular Hbond substituents is 2. The molecule has 0 saturated heterocycles. The van der Waals surface area contributed by atoms with Gasteiger partial charge in [-0.25, -0.2) is 4.99 Å². The van der Waals surface area contributed by atoms with Crippen molar-refractivity contribution in [2.75, 3.05) is 0 Å². The number of hydrogen-bond donors (Lipinski definition) is 2. The largest absolute Gasteiger partial charge is 0.508 e. The third-order valence-electron chi connectivity index (χ3n) is 4.43. The monoisotopic (exact) mass is 380 g/mol. The average molecular weight is 380 g/mol. The van der Waals surface area contributed by atoms with Crippen LogP contribution in [0.4, 0.5) is 5.88 Å². The molecule has 0 amide bonds. The van der Waals surface area contributed by atoms with Gasteiger partial charge in [-0.15, -0.1) is 0 Å². The van der Waals surface area contributed by atoms with E-state index in [0.29, 0.717) is 22.5 Å². The predicted octanol–water partition coefficient (Wildman–Crippen LogP) is 5.65. The molecule has 3 aromatic carbocycles. The van der Waals surface area contributed by atoms with E-state index in [2.05, 4.69) is 11.1 Å². The Labute approximate surface area is 167 Å². The Morgan fingerprint density at radius 1 is 0.862 bits per heavy atom. The second-order valence-corrected chi connectivity index (χ2v) is 6.33. The molecule has 0 radical (unpaired) electrons. The first kappa shape index (κ1) is 18.1. The minimum absolute atomic E-state index is 0.0481. The Morgan fingerprint density at radius 3 is 2.14 bits per heavy atom. The van der Waals surface area contributed by atoms with Gasteiger partial charge in [-0.2, -0.15) is 5.26 Å². The highest BCUT2D eigenvalue weighted by Gasteiger charge is 2.22. The van der Waals surface area contributed by atoms with E-state index >= 15 is 0 Å². The molecule has 0 spiro atoms. The van der Waals surface area contributed by atoms with Gasteiger partial charge in [-0.05, 0) is 17.7 Å². The van der Waals surface area contributed by atoms with Gasteiger partial charge in [-0.3, -0.25) is 0 Å². The highest BCUT2D eigenvalue weighted by molar-refractivity contribution is 5.90. The number of benzene rings is 3. The molecule has 1 aromatic heterocycles. The summed E-state index contributed by atoms with van der Waals surface area (Å²) in [5.41, 5.74) is 3.05. The van der Waals surface area contributed by atoms with Gasteiger partial charge >= 0.3 is 0 Å². The van der Waals surface area contributed by atoms with Gasteiger partial charge in [0.05, 0.1) is 0 Å². The van der Waals surface area contributed by atoms with Crippen molar-refractivity contribution < 1.29 is 14.6 Å². The van der Waals surface area contributed by atoms with Crippen LogP contribution in [0.2, 0.25) is 0 Å². The molecular formula is C24H16N2O3. The van der Waals surface area contributed by atoms with Gasteiger partial charge in [0, 0.05) is 29.0 Å². The van der Waals surface area contributed by atoms with E-state index in [9.17, 15) is 15.5 Å². The highest BCUT2D eigenvalue weighted by Crippen LogP contribution is 2.42. The molecule has 4 aromatic rings. The summed E-state index contributed by atoms with van der Waals surface area (Å²) in [4.78, 5) is 4.31. The molecule has 0 unspecified atom stereocenters. The molecule has 0 aliphatic rings. The maximum absolute atomic E-state index is 9.96. The second-order valence-electron chi connectivity index (χ2n) is 6.33. The third-order valence-corrected chi connectivity index (χ3v) is 4.43. The highest BCUT2D eigenvalue weighted by atomic mass is 16.4. The zero-order chi connectivity index (χ0) is 20.2. The number of hydrogen-bond acceptors (Lipinski definition) is 5. The Hall–Kier alpha value is -4.30. The van der Waals surface area contributed by atoms with Crippen molar-refractivity contribution in [3.8, 4) is 40.0 Å². The SMILES string of the molecule is N#Cc1c(/N=C/c2ccc(O)cc2O)oc(-c2ccccc2)c1-c1ccccc1. The summed E-state index contributed by atoms with van der Waals surface area (Å²) in [5, 5.41) is 29.2. The van der Waals surface area contributed by atoms with E-state index < -0.39 is 0 Å². The van der Waals surface area contributed by atoms with Crippen LogP contribution in [0.3, 0.4) is 0 Å². The maximum atomic E-state index is 9.96. The Morgan fingerprint density at radius 2 is 1.52 bits per heavy atom. The zero-order valence-electron chi connectivity index (χ0n) is 15.3. The molecular weight excluding hydrogens is 364 g/mol. The van der Waals surface area contributed by atoms with Gasteiger partial charge in [0.1, 0.15) is 28.9 Å². The number of phenols is 2. The van der Waals surface area contributed by atoms with Crippen LogP contribution >= 0.6 is 0 Å². The molecule has 0 saturated carbocycles. The van der Waals surface area contributed by atoms with Crippen molar-refractivity contribution in [1.29, 1.82) is 5.26 Å². The number of furan rings is 1. The minimum atomic E-state index is -0.120. The van der Waals surface area contributed by atoms with E-state index in [1.54, 1.807) is 0 Å². The van der Waals surface area contributed by atoms with E-state index in [0.717, 1.165) is 11.1 Å². The van der Waals surface area contributed by atoms with Gasteiger partial charge in [-0.1, -0.05) is 60.7 Å². The van der Waals surface area contributed by atoms with Crippen molar-refractivity contribution in [3.63, 3.8) is 0 Å². The van der Waals surface area contributed by atoms with Crippen LogP contribution < -0.4 is 0 Å². The van der Waals surface area contributed by atoms with Crippen molar-refractivity contribution in [1.82, 2.24) is 0 Å². The van der Waals surface area contributed by atoms with Gasteiger partial charge in [0.15, 0.2) is 0 Å². The van der Waals surface area contributed by atoms with Crippen LogP contribution in [0.15, 0.2) is 88.3 Å². The third kappa shape index (κ3) is 3.60. The van der Waals surface area contributed by atoms with Crippen LogP contribution in [0.5, 0.6) is 11.5 Å². The van der Waals surface area contributed by atoms with Crippen molar-refractivity contribution in [2.24, 2.45) is 4.99 Å². The molecule has 5 heteroatoms. The standard InChI is InChI=1S/C24H16N2O3/c25-14-20-22(16-7-3-1-4-8-16)23(17-9-5-2-6-10-17)29-24(20)26-15-18-11-12-19(27)13-21(18)28/h1-13,15,27-28H/b26-15+. The summed E-state index contributed by atoms with van der Waals surface area (Å²) in [5.74, 6) is 0.534. The van der Waals surface area contributed by atoms with Gasteiger partial charge < -0.3 is 14.6 Å². The predicted molar refractivity (Wildman–Crippen MR) is 111 cm³/mol. The van der Waals surface area contributed by atoms with Crippen LogP contribution in [-0.4, -0.2) is 16.4 Å². The van der Waals surface area contributed by atoms with E-state index in [-0.39, 0.29) is 17.4 Å². The summed E-state index contributed by atoms with van der Waals surface area (Å²) in [6, 6.07) is 25.5. The summed E-state index contributed by atoms with van der Waals surface area (Å²) >= 11 is 0. The molecule has 5 nitrogen and oxygen atoms in total. The molecule has 4 rings (SSSR count). The van der Waals surface area contributed by atoms with Crippen molar-refractivity contribution >= 4 is 12.1 Å². The lowest BCUT2D eigenvalue weighted by Gasteiger charge is -2.03. The molecule has 29 heavy (non-hydrogen) atoms. The second kappa shape index (κ2) is 7.75. The lowest BCUT2D eigenvalue weighted by molar-refractivity contribution is 0.450. The van der Waals surface area contributed by atoms with E-state index in [4.69, 9.17) is 4.42 Å². The van der Waals surface area contributed by atoms with E-state index in [1.165, 1.54) is 24.4 Å². The average Bonchev–Trinajstić information content (AvgIpc) is 3.13. The fourth-order valence-corrected chi connectivity index (χ4v) is 3.06. The van der Waals surface area contributed by atoms with Crippen molar-refractivity contribution in [2.45, 2.75) is 0 Å². The lowest BCUT2D eigenvalue weighted by Crippen LogP contribution is -1.84. The molecule has 2 N–H and O–H groups in total. The maximum Gasteiger partial charge on any atom is 0.238 e. The first-order chi connectivity index (χ1) is 14.2. The Balaban J connectivity index is 1.88. The molecule has 1 heterocycles. The smallest absolute Gasteiger partial charge is 0.238 e. The number of aliphatic imine (C=N–C) groups is 1. The first-order valence-electron chi connectivity index (χ1n) is 8.91.